The summed E-state index contributed by atoms with van der Waals surface area (Å²) in [6, 6.07) is 5.12. The third-order valence-electron chi connectivity index (χ3n) is 6.82. The molecule has 1 saturated heterocycles. The van der Waals surface area contributed by atoms with Gasteiger partial charge >= 0.3 is 12.4 Å². The molecule has 0 spiro atoms. The first kappa shape index (κ1) is 30.4. The lowest BCUT2D eigenvalue weighted by Gasteiger charge is -2.41. The minimum Gasteiger partial charge on any atom is -0.381 e. The maximum absolute atomic E-state index is 13.8. The molecule has 0 radical (unpaired) electrons. The van der Waals surface area contributed by atoms with Crippen LogP contribution in [0.25, 0.3) is 0 Å². The molecule has 214 valence electrons. The van der Waals surface area contributed by atoms with Crippen molar-refractivity contribution >= 4 is 11.8 Å². The molecule has 0 bridgehead atoms. The van der Waals surface area contributed by atoms with Gasteiger partial charge in [-0.1, -0.05) is 6.07 Å². The van der Waals surface area contributed by atoms with Gasteiger partial charge in [-0.15, -0.1) is 0 Å². The highest BCUT2D eigenvalue weighted by atomic mass is 19.4. The van der Waals surface area contributed by atoms with E-state index in [1.54, 1.807) is 6.92 Å². The number of carbonyl (C=O) groups is 2. The van der Waals surface area contributed by atoms with Gasteiger partial charge in [0.25, 0.3) is 5.91 Å². The van der Waals surface area contributed by atoms with Gasteiger partial charge in [0.1, 0.15) is 11.4 Å². The van der Waals surface area contributed by atoms with Gasteiger partial charge in [0, 0.05) is 38.5 Å². The molecule has 1 aliphatic heterocycles. The van der Waals surface area contributed by atoms with E-state index < -0.39 is 65.1 Å². The lowest BCUT2D eigenvalue weighted by atomic mass is 9.78. The Morgan fingerprint density at radius 3 is 2.05 bits per heavy atom. The van der Waals surface area contributed by atoms with E-state index in [1.165, 1.54) is 44.0 Å². The van der Waals surface area contributed by atoms with Crippen molar-refractivity contribution in [3.8, 4) is 0 Å². The van der Waals surface area contributed by atoms with Crippen LogP contribution in [0.5, 0.6) is 0 Å². The van der Waals surface area contributed by atoms with E-state index in [9.17, 15) is 45.4 Å². The third-order valence-corrected chi connectivity index (χ3v) is 6.82. The van der Waals surface area contributed by atoms with Crippen LogP contribution in [0.2, 0.25) is 0 Å². The van der Waals surface area contributed by atoms with Crippen molar-refractivity contribution in [1.82, 2.24) is 9.80 Å². The van der Waals surface area contributed by atoms with Crippen molar-refractivity contribution in [3.05, 3.63) is 70.0 Å². The monoisotopic (exact) mass is 562 g/mol. The molecule has 3 rings (SSSR count). The number of benzene rings is 2. The fraction of sp³-hybridized carbons (Fsp3) is 0.481. The van der Waals surface area contributed by atoms with Crippen LogP contribution >= 0.6 is 0 Å². The predicted octanol–water partition coefficient (Wildman–Crippen LogP) is 5.53. The Kier molecular flexibility index (Phi) is 8.40. The van der Waals surface area contributed by atoms with Crippen LogP contribution in [0.3, 0.4) is 0 Å². The zero-order chi connectivity index (χ0) is 29.5. The number of aryl methyl sites for hydroxylation is 1. The number of halogens is 7. The highest BCUT2D eigenvalue weighted by Crippen LogP contribution is 2.38. The fourth-order valence-electron chi connectivity index (χ4n) is 4.93. The second-order valence-electron chi connectivity index (χ2n) is 10.4. The Bertz CT molecular complexity index is 1200. The zero-order valence-corrected chi connectivity index (χ0v) is 21.8. The van der Waals surface area contributed by atoms with Crippen LogP contribution in [0.15, 0.2) is 36.4 Å². The van der Waals surface area contributed by atoms with Crippen molar-refractivity contribution in [2.45, 2.75) is 57.6 Å². The molecule has 0 aromatic heterocycles. The number of amides is 2. The Morgan fingerprint density at radius 2 is 1.56 bits per heavy atom. The number of carbonyl (C=O) groups excluding carboxylic acids is 2. The molecule has 0 unspecified atom stereocenters. The van der Waals surface area contributed by atoms with E-state index in [2.05, 4.69) is 0 Å². The molecule has 1 heterocycles. The Balaban J connectivity index is 1.94. The molecular formula is C27H29F7N2O3. The average molecular weight is 563 g/mol. The summed E-state index contributed by atoms with van der Waals surface area (Å²) in [7, 11) is 1.28. The number of rotatable bonds is 5. The highest BCUT2D eigenvalue weighted by Gasteiger charge is 2.42. The Morgan fingerprint density at radius 1 is 1.00 bits per heavy atom. The van der Waals surface area contributed by atoms with E-state index in [0.717, 1.165) is 4.90 Å². The molecule has 1 aliphatic rings. The van der Waals surface area contributed by atoms with Gasteiger partial charge in [-0.3, -0.25) is 9.59 Å². The van der Waals surface area contributed by atoms with Crippen molar-refractivity contribution in [2.75, 3.05) is 20.1 Å². The topological polar surface area (TPSA) is 60.9 Å². The predicted molar refractivity (Wildman–Crippen MR) is 128 cm³/mol. The maximum atomic E-state index is 13.8. The number of nitrogens with zero attached hydrogens (tertiary/aromatic N) is 2. The summed E-state index contributed by atoms with van der Waals surface area (Å²) in [5, 5.41) is 10.2. The maximum Gasteiger partial charge on any atom is 0.416 e. The van der Waals surface area contributed by atoms with Gasteiger partial charge in [-0.05, 0) is 74.2 Å². The number of hydrogen-bond donors (Lipinski definition) is 1. The van der Waals surface area contributed by atoms with E-state index in [0.29, 0.717) is 23.3 Å². The molecule has 2 aromatic rings. The number of likely N-dealkylation sites (tertiary alicyclic amines) is 1. The van der Waals surface area contributed by atoms with Crippen LogP contribution in [-0.2, 0) is 28.5 Å². The van der Waals surface area contributed by atoms with Gasteiger partial charge in [0.05, 0.1) is 11.1 Å². The Hall–Kier alpha value is -3.15. The first-order valence-corrected chi connectivity index (χ1v) is 12.1. The van der Waals surface area contributed by atoms with E-state index >= 15 is 0 Å². The van der Waals surface area contributed by atoms with Crippen LogP contribution in [0.4, 0.5) is 30.7 Å². The summed E-state index contributed by atoms with van der Waals surface area (Å²) >= 11 is 0. The lowest BCUT2D eigenvalue weighted by Crippen LogP contribution is -2.52. The molecule has 0 saturated carbocycles. The van der Waals surface area contributed by atoms with Crippen molar-refractivity contribution in [1.29, 1.82) is 0 Å². The quantitative estimate of drug-likeness (QED) is 0.488. The molecule has 1 N–H and O–H groups in total. The normalized spacial score (nSPS) is 18.7. The van der Waals surface area contributed by atoms with Gasteiger partial charge < -0.3 is 14.9 Å². The molecule has 5 nitrogen and oxygen atoms in total. The molecule has 2 aromatic carbocycles. The summed E-state index contributed by atoms with van der Waals surface area (Å²) in [6.45, 7) is 3.84. The third kappa shape index (κ3) is 7.09. The van der Waals surface area contributed by atoms with Crippen molar-refractivity contribution in [3.63, 3.8) is 0 Å². The first-order valence-electron chi connectivity index (χ1n) is 12.1. The van der Waals surface area contributed by atoms with Crippen LogP contribution < -0.4 is 0 Å². The van der Waals surface area contributed by atoms with Gasteiger partial charge in [-0.2, -0.15) is 26.3 Å². The summed E-state index contributed by atoms with van der Waals surface area (Å²) in [5.41, 5.74) is -3.93. The largest absolute Gasteiger partial charge is 0.416 e. The van der Waals surface area contributed by atoms with E-state index in [1.807, 2.05) is 0 Å². The van der Waals surface area contributed by atoms with Crippen LogP contribution in [0.1, 0.15) is 54.0 Å². The lowest BCUT2D eigenvalue weighted by molar-refractivity contribution is -0.152. The van der Waals surface area contributed by atoms with Crippen molar-refractivity contribution in [2.24, 2.45) is 5.92 Å². The number of piperidine rings is 1. The number of aliphatic hydroxyl groups is 1. The first-order chi connectivity index (χ1) is 17.8. The second kappa shape index (κ2) is 10.8. The van der Waals surface area contributed by atoms with Crippen LogP contribution in [0, 0.1) is 18.7 Å². The molecular weight excluding hydrogens is 533 g/mol. The molecule has 0 aliphatic carbocycles. The summed E-state index contributed by atoms with van der Waals surface area (Å²) in [4.78, 5) is 28.7. The average Bonchev–Trinajstić information content (AvgIpc) is 2.81. The number of alkyl halides is 6. The smallest absolute Gasteiger partial charge is 0.381 e. The Labute approximate surface area is 221 Å². The van der Waals surface area contributed by atoms with Gasteiger partial charge in [0.2, 0.25) is 5.91 Å². The summed E-state index contributed by atoms with van der Waals surface area (Å²) in [6.07, 6.45) is -9.93. The number of hydrogen-bond acceptors (Lipinski definition) is 3. The summed E-state index contributed by atoms with van der Waals surface area (Å²) in [5.74, 6) is -3.10. The standard InChI is InChI=1S/C27H29F7N2O3/c1-15-9-19(28)5-6-20(15)22-14-36(24(38)25(2,3)39)8-7-21(22)23(37)35(4)13-16-10-17(26(29,30)31)12-18(11-16)27(32,33)34/h5-6,9-12,21-22,39H,7-8,13-14H2,1-4H3/t21-,22+/m1/s1. The summed E-state index contributed by atoms with van der Waals surface area (Å²) < 4.78 is 93.5. The fourth-order valence-corrected chi connectivity index (χ4v) is 4.93. The zero-order valence-electron chi connectivity index (χ0n) is 21.8. The van der Waals surface area contributed by atoms with Crippen molar-refractivity contribution < 1.29 is 45.4 Å². The van der Waals surface area contributed by atoms with E-state index in [4.69, 9.17) is 0 Å². The minimum absolute atomic E-state index is 0.00131. The molecule has 2 atom stereocenters. The molecule has 39 heavy (non-hydrogen) atoms. The highest BCUT2D eigenvalue weighted by molar-refractivity contribution is 5.85. The van der Waals surface area contributed by atoms with Crippen LogP contribution in [-0.4, -0.2) is 52.5 Å². The minimum atomic E-state index is -5.02. The SMILES string of the molecule is Cc1cc(F)ccc1[C@@H]1CN(C(=O)C(C)(C)O)CC[C@H]1C(=O)N(C)Cc1cc(C(F)(F)F)cc(C(F)(F)F)c1. The van der Waals surface area contributed by atoms with Gasteiger partial charge in [0.15, 0.2) is 0 Å². The molecule has 2 amide bonds. The second-order valence-corrected chi connectivity index (χ2v) is 10.4. The molecule has 1 fully saturated rings. The van der Waals surface area contributed by atoms with Gasteiger partial charge in [-0.25, -0.2) is 4.39 Å². The molecule has 12 heteroatoms. The van der Waals surface area contributed by atoms with E-state index in [-0.39, 0.29) is 31.1 Å².